The van der Waals surface area contributed by atoms with Gasteiger partial charge in [-0.25, -0.2) is 13.1 Å². The molecule has 1 saturated heterocycles. The monoisotopic (exact) mass is 356 g/mol. The number of rotatable bonds is 5. The van der Waals surface area contributed by atoms with Gasteiger partial charge in [-0.1, -0.05) is 13.8 Å². The van der Waals surface area contributed by atoms with E-state index in [0.29, 0.717) is 18.0 Å². The van der Waals surface area contributed by atoms with Crippen LogP contribution in [0.25, 0.3) is 0 Å². The van der Waals surface area contributed by atoms with Crippen LogP contribution in [0.4, 0.5) is 0 Å². The molecular weight excluding hydrogens is 332 g/mol. The van der Waals surface area contributed by atoms with Crippen molar-refractivity contribution in [2.24, 2.45) is 5.92 Å². The maximum absolute atomic E-state index is 12.8. The molecule has 0 spiro atoms. The van der Waals surface area contributed by atoms with Gasteiger partial charge in [0.1, 0.15) is 0 Å². The van der Waals surface area contributed by atoms with E-state index in [2.05, 4.69) is 11.6 Å². The highest BCUT2D eigenvalue weighted by molar-refractivity contribution is 7.98. The van der Waals surface area contributed by atoms with E-state index in [1.807, 2.05) is 11.2 Å². The highest BCUT2D eigenvalue weighted by Crippen LogP contribution is 2.27. The van der Waals surface area contributed by atoms with Gasteiger partial charge < -0.3 is 4.90 Å². The first kappa shape index (κ1) is 18.3. The largest absolute Gasteiger partial charge is 0.339 e. The Hall–Kier alpha value is -1.05. The number of nitrogens with one attached hydrogen (secondary N) is 1. The van der Waals surface area contributed by atoms with Crippen LogP contribution in [-0.2, 0) is 10.0 Å². The molecule has 1 aromatic carbocycles. The number of carbonyl (C=O) groups is 1. The van der Waals surface area contributed by atoms with Crippen molar-refractivity contribution in [1.82, 2.24) is 9.62 Å². The van der Waals surface area contributed by atoms with Crippen molar-refractivity contribution in [3.8, 4) is 0 Å². The second-order valence-corrected chi connectivity index (χ2v) is 8.45. The van der Waals surface area contributed by atoms with Crippen LogP contribution < -0.4 is 4.72 Å². The van der Waals surface area contributed by atoms with Crippen molar-refractivity contribution >= 4 is 27.7 Å². The summed E-state index contributed by atoms with van der Waals surface area (Å²) in [5.74, 6) is 0.564. The van der Waals surface area contributed by atoms with Gasteiger partial charge in [0.15, 0.2) is 0 Å². The molecule has 7 heteroatoms. The lowest BCUT2D eigenvalue weighted by atomic mass is 9.98. The zero-order valence-corrected chi connectivity index (χ0v) is 15.5. The number of hydrogen-bond donors (Lipinski definition) is 1. The van der Waals surface area contributed by atoms with Gasteiger partial charge in [-0.05, 0) is 43.2 Å². The van der Waals surface area contributed by atoms with Crippen LogP contribution in [0.2, 0.25) is 0 Å². The van der Waals surface area contributed by atoms with Crippen LogP contribution in [0.5, 0.6) is 0 Å². The zero-order chi connectivity index (χ0) is 17.0. The fourth-order valence-corrected chi connectivity index (χ4v) is 4.31. The van der Waals surface area contributed by atoms with Gasteiger partial charge in [-0.15, -0.1) is 11.8 Å². The average molecular weight is 357 g/mol. The number of piperidine rings is 1. The highest BCUT2D eigenvalue weighted by atomic mass is 32.2. The summed E-state index contributed by atoms with van der Waals surface area (Å²) >= 11 is 1.46. The second kappa shape index (κ2) is 7.68. The normalized spacial score (nSPS) is 16.6. The third kappa shape index (κ3) is 4.28. The number of nitrogens with zero attached hydrogens (tertiary/aromatic N) is 1. The molecule has 0 saturated carbocycles. The third-order valence-corrected chi connectivity index (χ3v) is 6.46. The van der Waals surface area contributed by atoms with Gasteiger partial charge in [-0.3, -0.25) is 4.79 Å². The van der Waals surface area contributed by atoms with Crippen LogP contribution in [0.15, 0.2) is 28.0 Å². The van der Waals surface area contributed by atoms with E-state index in [4.69, 9.17) is 0 Å². The molecule has 0 unspecified atom stereocenters. The molecule has 1 N–H and O–H groups in total. The topological polar surface area (TPSA) is 66.5 Å². The number of carbonyl (C=O) groups excluding carboxylic acids is 1. The smallest absolute Gasteiger partial charge is 0.255 e. The average Bonchev–Trinajstić information content (AvgIpc) is 2.54. The molecule has 5 nitrogen and oxygen atoms in total. The summed E-state index contributed by atoms with van der Waals surface area (Å²) in [6.07, 6.45) is 3.88. The molecule has 0 aromatic heterocycles. The molecule has 2 rings (SSSR count). The Labute approximate surface area is 142 Å². The minimum atomic E-state index is -3.56. The zero-order valence-electron chi connectivity index (χ0n) is 13.8. The van der Waals surface area contributed by atoms with E-state index in [-0.39, 0.29) is 10.8 Å². The Balaban J connectivity index is 2.34. The van der Waals surface area contributed by atoms with Crippen molar-refractivity contribution in [2.75, 3.05) is 25.9 Å². The standard InChI is InChI=1S/C16H24N2O3S2/c1-4-17-23(20,21)13-5-6-15(22-3)14(11-13)16(19)18-9-7-12(2)8-10-18/h5-6,11-12,17H,4,7-10H2,1-3H3. The van der Waals surface area contributed by atoms with E-state index in [1.165, 1.54) is 17.8 Å². The van der Waals surface area contributed by atoms with Gasteiger partial charge in [0.25, 0.3) is 5.91 Å². The molecular formula is C16H24N2O3S2. The minimum Gasteiger partial charge on any atom is -0.339 e. The Morgan fingerprint density at radius 1 is 1.35 bits per heavy atom. The van der Waals surface area contributed by atoms with E-state index >= 15 is 0 Å². The van der Waals surface area contributed by atoms with E-state index in [1.54, 1.807) is 19.1 Å². The molecule has 1 aromatic rings. The SMILES string of the molecule is CCNS(=O)(=O)c1ccc(SC)c(C(=O)N2CCC(C)CC2)c1. The Morgan fingerprint density at radius 3 is 2.57 bits per heavy atom. The quantitative estimate of drug-likeness (QED) is 0.824. The fourth-order valence-electron chi connectivity index (χ4n) is 2.68. The van der Waals surface area contributed by atoms with Crippen LogP contribution in [0, 0.1) is 5.92 Å². The fraction of sp³-hybridized carbons (Fsp3) is 0.562. The predicted molar refractivity (Wildman–Crippen MR) is 93.4 cm³/mol. The summed E-state index contributed by atoms with van der Waals surface area (Å²) in [5, 5.41) is 0. The van der Waals surface area contributed by atoms with Crippen LogP contribution in [0.3, 0.4) is 0 Å². The van der Waals surface area contributed by atoms with Crippen molar-refractivity contribution in [2.45, 2.75) is 36.5 Å². The molecule has 1 fully saturated rings. The maximum atomic E-state index is 12.8. The highest BCUT2D eigenvalue weighted by Gasteiger charge is 2.25. The summed E-state index contributed by atoms with van der Waals surface area (Å²) in [7, 11) is -3.56. The first-order valence-electron chi connectivity index (χ1n) is 7.86. The minimum absolute atomic E-state index is 0.0743. The van der Waals surface area contributed by atoms with Crippen molar-refractivity contribution in [3.63, 3.8) is 0 Å². The predicted octanol–water partition coefficient (Wildman–Crippen LogP) is 2.58. The first-order chi connectivity index (χ1) is 10.9. The van der Waals surface area contributed by atoms with Gasteiger partial charge in [0.05, 0.1) is 10.5 Å². The number of hydrogen-bond acceptors (Lipinski definition) is 4. The lowest BCUT2D eigenvalue weighted by Gasteiger charge is -2.30. The summed E-state index contributed by atoms with van der Waals surface area (Å²) in [6.45, 7) is 5.71. The van der Waals surface area contributed by atoms with E-state index in [9.17, 15) is 13.2 Å². The number of thioether (sulfide) groups is 1. The summed E-state index contributed by atoms with van der Waals surface area (Å²) < 4.78 is 26.8. The summed E-state index contributed by atoms with van der Waals surface area (Å²) in [5.41, 5.74) is 0.478. The van der Waals surface area contributed by atoms with Crippen LogP contribution in [-0.4, -0.2) is 45.1 Å². The lowest BCUT2D eigenvalue weighted by molar-refractivity contribution is 0.0693. The molecule has 0 atom stereocenters. The molecule has 0 bridgehead atoms. The number of sulfonamides is 1. The van der Waals surface area contributed by atoms with Gasteiger partial charge in [0.2, 0.25) is 10.0 Å². The van der Waals surface area contributed by atoms with Crippen molar-refractivity contribution in [3.05, 3.63) is 23.8 Å². The first-order valence-corrected chi connectivity index (χ1v) is 10.6. The van der Waals surface area contributed by atoms with Crippen molar-refractivity contribution < 1.29 is 13.2 Å². The molecule has 1 heterocycles. The lowest BCUT2D eigenvalue weighted by Crippen LogP contribution is -2.38. The third-order valence-electron chi connectivity index (χ3n) is 4.12. The van der Waals surface area contributed by atoms with Crippen molar-refractivity contribution in [1.29, 1.82) is 0 Å². The van der Waals surface area contributed by atoms with Gasteiger partial charge >= 0.3 is 0 Å². The Kier molecular flexibility index (Phi) is 6.11. The van der Waals surface area contributed by atoms with Crippen LogP contribution in [0.1, 0.15) is 37.0 Å². The van der Waals surface area contributed by atoms with Gasteiger partial charge in [-0.2, -0.15) is 0 Å². The second-order valence-electron chi connectivity index (χ2n) is 5.84. The summed E-state index contributed by atoms with van der Waals surface area (Å²) in [4.78, 5) is 15.6. The maximum Gasteiger partial charge on any atom is 0.255 e. The molecule has 0 radical (unpaired) electrons. The number of likely N-dealkylation sites (tertiary alicyclic amines) is 1. The van der Waals surface area contributed by atoms with Gasteiger partial charge in [0, 0.05) is 24.5 Å². The molecule has 128 valence electrons. The molecule has 1 aliphatic rings. The number of benzene rings is 1. The molecule has 1 amide bonds. The molecule has 23 heavy (non-hydrogen) atoms. The molecule has 1 aliphatic heterocycles. The van der Waals surface area contributed by atoms with Crippen LogP contribution >= 0.6 is 11.8 Å². The Morgan fingerprint density at radius 2 is 2.00 bits per heavy atom. The van der Waals surface area contributed by atoms with E-state index < -0.39 is 10.0 Å². The number of amides is 1. The van der Waals surface area contributed by atoms with E-state index in [0.717, 1.165) is 30.8 Å². The summed E-state index contributed by atoms with van der Waals surface area (Å²) in [6, 6.07) is 4.78. The molecule has 0 aliphatic carbocycles. The Bertz CT molecular complexity index is 666.